The molecule has 0 amide bonds. The van der Waals surface area contributed by atoms with Crippen LogP contribution in [0.25, 0.3) is 0 Å². The van der Waals surface area contributed by atoms with Crippen molar-refractivity contribution in [2.24, 2.45) is 0 Å². The molecule has 0 radical (unpaired) electrons. The molecule has 3 aliphatic heterocycles. The molecule has 12 N–H and O–H groups in total. The van der Waals surface area contributed by atoms with Gasteiger partial charge in [-0.05, 0) is 0 Å². The van der Waals surface area contributed by atoms with Gasteiger partial charge in [-0.2, -0.15) is 0 Å². The molecule has 15 atom stereocenters. The molecule has 15 unspecified atom stereocenters. The van der Waals surface area contributed by atoms with Gasteiger partial charge >= 0.3 is 0 Å². The second-order valence-electron chi connectivity index (χ2n) is 9.30. The van der Waals surface area contributed by atoms with Gasteiger partial charge in [-0.3, -0.25) is 5.21 Å². The number of hydrogen-bond donors (Lipinski definition) is 12. The summed E-state index contributed by atoms with van der Waals surface area (Å²) in [6, 6.07) is 0. The summed E-state index contributed by atoms with van der Waals surface area (Å²) in [4.78, 5) is 0. The smallest absolute Gasteiger partial charge is 0.188 e. The zero-order valence-electron chi connectivity index (χ0n) is 20.8. The number of aliphatic hydroxyl groups is 10. The highest BCUT2D eigenvalue weighted by atomic mass is 16.8. The molecule has 230 valence electrons. The number of ether oxygens (including phenoxy) is 6. The molecule has 0 saturated carbocycles. The van der Waals surface area contributed by atoms with Gasteiger partial charge in [-0.25, -0.2) is 5.43 Å². The SMILES string of the molecule is CN(O)NCOC1OC(CO)C(O)C(OC2OC(CO)C(O)C(OC3OC(CO)C(O)C(O)C3O)C2O)C1O. The molecular formula is C20H38N2O17. The van der Waals surface area contributed by atoms with E-state index in [1.165, 1.54) is 7.05 Å². The van der Waals surface area contributed by atoms with Crippen molar-refractivity contribution in [3.8, 4) is 0 Å². The van der Waals surface area contributed by atoms with Gasteiger partial charge in [0.05, 0.1) is 19.8 Å². The van der Waals surface area contributed by atoms with Crippen LogP contribution in [0.5, 0.6) is 0 Å². The van der Waals surface area contributed by atoms with E-state index in [9.17, 15) is 51.1 Å². The van der Waals surface area contributed by atoms with E-state index in [2.05, 4.69) is 5.43 Å². The third-order valence-corrected chi connectivity index (χ3v) is 6.62. The zero-order valence-corrected chi connectivity index (χ0v) is 20.8. The molecule has 0 bridgehead atoms. The highest BCUT2D eigenvalue weighted by Gasteiger charge is 2.53. The maximum atomic E-state index is 10.9. The Morgan fingerprint density at radius 3 is 1.46 bits per heavy atom. The van der Waals surface area contributed by atoms with Crippen molar-refractivity contribution in [2.45, 2.75) is 92.1 Å². The summed E-state index contributed by atoms with van der Waals surface area (Å²) in [6.07, 6.45) is -25.2. The fourth-order valence-electron chi connectivity index (χ4n) is 4.38. The van der Waals surface area contributed by atoms with Gasteiger partial charge in [0.25, 0.3) is 0 Å². The van der Waals surface area contributed by atoms with Crippen LogP contribution in [0.4, 0.5) is 0 Å². The number of hydrogen-bond acceptors (Lipinski definition) is 19. The standard InChI is InChI=1S/C20H38N2O17/c1-22(33)21-5-34-18-14(31)16(10(27)7(3-24)35-18)39-20-15(32)17(11(28)8(4-25)37-20)38-19-13(30)12(29)9(26)6(2-23)36-19/h6-21,23-33H,2-5H2,1H3. The fourth-order valence-corrected chi connectivity index (χ4v) is 4.38. The third-order valence-electron chi connectivity index (χ3n) is 6.62. The Kier molecular flexibility index (Phi) is 12.1. The molecule has 3 fully saturated rings. The Bertz CT molecular complexity index is 738. The lowest BCUT2D eigenvalue weighted by molar-refractivity contribution is -0.381. The summed E-state index contributed by atoms with van der Waals surface area (Å²) in [5.74, 6) is 0. The van der Waals surface area contributed by atoms with E-state index in [4.69, 9.17) is 33.6 Å². The average Bonchev–Trinajstić information content (AvgIpc) is 2.91. The topological polar surface area (TPSA) is 293 Å². The molecule has 19 heteroatoms. The number of nitrogens with zero attached hydrogens (tertiary/aromatic N) is 1. The van der Waals surface area contributed by atoms with Crippen LogP contribution in [-0.2, 0) is 28.4 Å². The Morgan fingerprint density at radius 1 is 0.590 bits per heavy atom. The minimum absolute atomic E-state index is 0.383. The van der Waals surface area contributed by atoms with Crippen LogP contribution < -0.4 is 5.43 Å². The molecule has 3 saturated heterocycles. The molecule has 3 rings (SSSR count). The van der Waals surface area contributed by atoms with Crippen molar-refractivity contribution >= 4 is 0 Å². The van der Waals surface area contributed by atoms with Crippen LogP contribution in [0.1, 0.15) is 0 Å². The predicted octanol–water partition coefficient (Wildman–Crippen LogP) is -7.77. The van der Waals surface area contributed by atoms with E-state index >= 15 is 0 Å². The number of rotatable bonds is 11. The zero-order chi connectivity index (χ0) is 29.0. The van der Waals surface area contributed by atoms with Crippen molar-refractivity contribution in [2.75, 3.05) is 33.6 Å². The average molecular weight is 579 g/mol. The summed E-state index contributed by atoms with van der Waals surface area (Å²) in [5.41, 5.74) is 2.33. The largest absolute Gasteiger partial charge is 0.394 e. The molecule has 0 spiro atoms. The first kappa shape index (κ1) is 32.8. The molecule has 19 nitrogen and oxygen atoms in total. The van der Waals surface area contributed by atoms with E-state index in [0.29, 0.717) is 5.17 Å². The Balaban J connectivity index is 1.77. The van der Waals surface area contributed by atoms with Gasteiger partial charge in [-0.15, -0.1) is 5.17 Å². The van der Waals surface area contributed by atoms with Crippen molar-refractivity contribution in [3.63, 3.8) is 0 Å². The van der Waals surface area contributed by atoms with E-state index in [0.717, 1.165) is 0 Å². The van der Waals surface area contributed by atoms with Crippen LogP contribution in [-0.4, -0.2) is 187 Å². The molecule has 39 heavy (non-hydrogen) atoms. The molecular weight excluding hydrogens is 540 g/mol. The quantitative estimate of drug-likeness (QED) is 0.0800. The van der Waals surface area contributed by atoms with Gasteiger partial charge in [0.1, 0.15) is 80.0 Å². The van der Waals surface area contributed by atoms with Crippen molar-refractivity contribution < 1.29 is 84.7 Å². The van der Waals surface area contributed by atoms with E-state index in [1.54, 1.807) is 0 Å². The lowest BCUT2D eigenvalue weighted by Gasteiger charge is -2.48. The van der Waals surface area contributed by atoms with Crippen molar-refractivity contribution in [1.82, 2.24) is 10.6 Å². The van der Waals surface area contributed by atoms with Crippen LogP contribution in [0.15, 0.2) is 0 Å². The summed E-state index contributed by atoms with van der Waals surface area (Å²) >= 11 is 0. The molecule has 0 aromatic carbocycles. The molecule has 0 aliphatic carbocycles. The van der Waals surface area contributed by atoms with E-state index in [1.807, 2.05) is 0 Å². The number of nitrogens with one attached hydrogen (secondary N) is 1. The van der Waals surface area contributed by atoms with Crippen LogP contribution >= 0.6 is 0 Å². The second-order valence-corrected chi connectivity index (χ2v) is 9.30. The lowest BCUT2D eigenvalue weighted by Crippen LogP contribution is -2.67. The number of aliphatic hydroxyl groups excluding tert-OH is 10. The van der Waals surface area contributed by atoms with Crippen LogP contribution in [0.3, 0.4) is 0 Å². The third kappa shape index (κ3) is 7.37. The van der Waals surface area contributed by atoms with E-state index < -0.39 is 112 Å². The highest BCUT2D eigenvalue weighted by Crippen LogP contribution is 2.32. The molecule has 0 aromatic rings. The normalized spacial score (nSPS) is 47.5. The maximum Gasteiger partial charge on any atom is 0.188 e. The van der Waals surface area contributed by atoms with Crippen molar-refractivity contribution in [1.29, 1.82) is 0 Å². The predicted molar refractivity (Wildman–Crippen MR) is 118 cm³/mol. The van der Waals surface area contributed by atoms with Crippen LogP contribution in [0.2, 0.25) is 0 Å². The fraction of sp³-hybridized carbons (Fsp3) is 1.00. The number of hydroxylamine groups is 1. The van der Waals surface area contributed by atoms with Gasteiger partial charge < -0.3 is 79.5 Å². The minimum Gasteiger partial charge on any atom is -0.394 e. The van der Waals surface area contributed by atoms with Crippen LogP contribution in [0, 0.1) is 0 Å². The Hall–Kier alpha value is -0.760. The molecule has 3 heterocycles. The molecule has 0 aromatic heterocycles. The highest BCUT2D eigenvalue weighted by molar-refractivity contribution is 4.96. The summed E-state index contributed by atoms with van der Waals surface area (Å²) < 4.78 is 32.3. The second kappa shape index (κ2) is 14.4. The first-order chi connectivity index (χ1) is 18.4. The monoisotopic (exact) mass is 578 g/mol. The summed E-state index contributed by atoms with van der Waals surface area (Å²) in [5, 5.41) is 112. The van der Waals surface area contributed by atoms with Gasteiger partial charge in [0, 0.05) is 7.05 Å². The lowest BCUT2D eigenvalue weighted by atomic mass is 9.96. The Morgan fingerprint density at radius 2 is 1.00 bits per heavy atom. The number of hydrazine groups is 1. The minimum atomic E-state index is -1.94. The summed E-state index contributed by atoms with van der Waals surface area (Å²) in [6.45, 7) is -2.72. The van der Waals surface area contributed by atoms with Gasteiger partial charge in [0.2, 0.25) is 0 Å². The van der Waals surface area contributed by atoms with Gasteiger partial charge in [0.15, 0.2) is 18.9 Å². The molecule has 3 aliphatic rings. The van der Waals surface area contributed by atoms with E-state index in [-0.39, 0.29) is 6.73 Å². The first-order valence-corrected chi connectivity index (χ1v) is 12.1. The first-order valence-electron chi connectivity index (χ1n) is 12.1. The van der Waals surface area contributed by atoms with Gasteiger partial charge in [-0.1, -0.05) is 0 Å². The summed E-state index contributed by atoms with van der Waals surface area (Å²) in [7, 11) is 1.24. The maximum absolute atomic E-state index is 10.9. The Labute approximate surface area is 221 Å². The van der Waals surface area contributed by atoms with Crippen molar-refractivity contribution in [3.05, 3.63) is 0 Å².